The molecule has 0 radical (unpaired) electrons. The standard InChI is InChI=1S/C19H20N2O2S/c22-19(21-10-12-24-17-8-9-20-13-16(17)21)15-7-4-11-23-18(15)14-5-2-1-3-6-14/h1-3,5-6,8-9,13,15,18H,4,7,10-12H2/t15-,18+/m1/s1. The molecule has 3 heterocycles. The molecule has 0 spiro atoms. The maximum Gasteiger partial charge on any atom is 0.233 e. The lowest BCUT2D eigenvalue weighted by Crippen LogP contribution is -2.43. The van der Waals surface area contributed by atoms with Crippen molar-refractivity contribution in [3.63, 3.8) is 0 Å². The van der Waals surface area contributed by atoms with Gasteiger partial charge in [-0.3, -0.25) is 9.78 Å². The third kappa shape index (κ3) is 2.94. The Labute approximate surface area is 146 Å². The topological polar surface area (TPSA) is 42.4 Å². The number of benzene rings is 1. The van der Waals surface area contributed by atoms with Gasteiger partial charge in [0.25, 0.3) is 0 Å². The van der Waals surface area contributed by atoms with Crippen molar-refractivity contribution in [1.82, 2.24) is 4.98 Å². The van der Waals surface area contributed by atoms with Crippen LogP contribution in [0.15, 0.2) is 53.7 Å². The summed E-state index contributed by atoms with van der Waals surface area (Å²) in [6, 6.07) is 12.1. The summed E-state index contributed by atoms with van der Waals surface area (Å²) in [5, 5.41) is 0. The second kappa shape index (κ2) is 6.95. The van der Waals surface area contributed by atoms with Crippen LogP contribution in [0.4, 0.5) is 5.69 Å². The van der Waals surface area contributed by atoms with Gasteiger partial charge in [-0.1, -0.05) is 30.3 Å². The minimum absolute atomic E-state index is 0.127. The summed E-state index contributed by atoms with van der Waals surface area (Å²) in [6.07, 6.45) is 5.25. The van der Waals surface area contributed by atoms with E-state index in [9.17, 15) is 4.79 Å². The van der Waals surface area contributed by atoms with Crippen LogP contribution in [-0.2, 0) is 9.53 Å². The lowest BCUT2D eigenvalue weighted by molar-refractivity contribution is -0.132. The molecule has 1 aromatic heterocycles. The van der Waals surface area contributed by atoms with E-state index in [4.69, 9.17) is 4.74 Å². The van der Waals surface area contributed by atoms with Crippen LogP contribution in [0.5, 0.6) is 0 Å². The van der Waals surface area contributed by atoms with E-state index in [2.05, 4.69) is 17.1 Å². The summed E-state index contributed by atoms with van der Waals surface area (Å²) in [4.78, 5) is 20.6. The van der Waals surface area contributed by atoms with Crippen molar-refractivity contribution in [2.24, 2.45) is 5.92 Å². The molecule has 1 saturated heterocycles. The summed E-state index contributed by atoms with van der Waals surface area (Å²) in [7, 11) is 0. The Hall–Kier alpha value is -1.85. The van der Waals surface area contributed by atoms with Gasteiger partial charge >= 0.3 is 0 Å². The number of carbonyl (C=O) groups excluding carboxylic acids is 1. The van der Waals surface area contributed by atoms with Gasteiger partial charge in [0.2, 0.25) is 5.91 Å². The normalized spacial score (nSPS) is 23.6. The molecular formula is C19H20N2O2S. The number of hydrogen-bond acceptors (Lipinski definition) is 4. The third-order valence-electron chi connectivity index (χ3n) is 4.66. The highest BCUT2D eigenvalue weighted by Crippen LogP contribution is 2.39. The minimum Gasteiger partial charge on any atom is -0.373 e. The summed E-state index contributed by atoms with van der Waals surface area (Å²) in [5.41, 5.74) is 2.03. The monoisotopic (exact) mass is 340 g/mol. The van der Waals surface area contributed by atoms with Crippen molar-refractivity contribution in [2.75, 3.05) is 23.8 Å². The van der Waals surface area contributed by atoms with Gasteiger partial charge in [0, 0.05) is 30.0 Å². The lowest BCUT2D eigenvalue weighted by Gasteiger charge is -2.36. The molecule has 2 aliphatic heterocycles. The maximum atomic E-state index is 13.3. The summed E-state index contributed by atoms with van der Waals surface area (Å²) >= 11 is 1.79. The van der Waals surface area contributed by atoms with E-state index >= 15 is 0 Å². The number of nitrogens with zero attached hydrogens (tertiary/aromatic N) is 2. The average Bonchev–Trinajstić information content (AvgIpc) is 2.68. The van der Waals surface area contributed by atoms with Crippen molar-refractivity contribution in [2.45, 2.75) is 23.8 Å². The van der Waals surface area contributed by atoms with E-state index in [0.29, 0.717) is 0 Å². The second-order valence-corrected chi connectivity index (χ2v) is 7.27. The fourth-order valence-electron chi connectivity index (χ4n) is 3.50. The van der Waals surface area contributed by atoms with E-state index in [1.165, 1.54) is 0 Å². The van der Waals surface area contributed by atoms with Crippen LogP contribution in [0.1, 0.15) is 24.5 Å². The van der Waals surface area contributed by atoms with Crippen LogP contribution in [0, 0.1) is 5.92 Å². The Bertz CT molecular complexity index is 722. The molecule has 124 valence electrons. The Balaban J connectivity index is 1.63. The van der Waals surface area contributed by atoms with Gasteiger partial charge in [-0.15, -0.1) is 11.8 Å². The zero-order valence-corrected chi connectivity index (χ0v) is 14.2. The first-order valence-corrected chi connectivity index (χ1v) is 9.38. The number of rotatable bonds is 2. The molecule has 0 unspecified atom stereocenters. The number of thioether (sulfide) groups is 1. The molecule has 0 N–H and O–H groups in total. The maximum absolute atomic E-state index is 13.3. The molecule has 1 fully saturated rings. The van der Waals surface area contributed by atoms with Gasteiger partial charge in [0.1, 0.15) is 0 Å². The molecule has 0 aliphatic carbocycles. The Morgan fingerprint density at radius 2 is 2.12 bits per heavy atom. The quantitative estimate of drug-likeness (QED) is 0.836. The second-order valence-electron chi connectivity index (χ2n) is 6.13. The average molecular weight is 340 g/mol. The summed E-state index contributed by atoms with van der Waals surface area (Å²) < 4.78 is 6.01. The molecule has 0 bridgehead atoms. The van der Waals surface area contributed by atoms with Crippen molar-refractivity contribution in [3.05, 3.63) is 54.4 Å². The molecule has 2 aromatic rings. The van der Waals surface area contributed by atoms with Crippen molar-refractivity contribution >= 4 is 23.4 Å². The van der Waals surface area contributed by atoms with Gasteiger partial charge in [0.15, 0.2) is 0 Å². The molecule has 4 nitrogen and oxygen atoms in total. The Morgan fingerprint density at radius 3 is 3.00 bits per heavy atom. The van der Waals surface area contributed by atoms with Gasteiger partial charge in [-0.2, -0.15) is 0 Å². The van der Waals surface area contributed by atoms with Gasteiger partial charge in [-0.05, 0) is 24.5 Å². The Kier molecular flexibility index (Phi) is 4.54. The molecule has 24 heavy (non-hydrogen) atoms. The third-order valence-corrected chi connectivity index (χ3v) is 5.70. The van der Waals surface area contributed by atoms with Crippen LogP contribution in [0.2, 0.25) is 0 Å². The number of anilines is 1. The molecular weight excluding hydrogens is 320 g/mol. The first kappa shape index (κ1) is 15.7. The first-order valence-electron chi connectivity index (χ1n) is 8.39. The van der Waals surface area contributed by atoms with Gasteiger partial charge in [0.05, 0.1) is 23.9 Å². The molecule has 0 saturated carbocycles. The number of ether oxygens (including phenoxy) is 1. The zero-order chi connectivity index (χ0) is 16.4. The highest BCUT2D eigenvalue weighted by Gasteiger charge is 2.37. The molecule has 1 aromatic carbocycles. The minimum atomic E-state index is -0.151. The fraction of sp³-hybridized carbons (Fsp3) is 0.368. The smallest absolute Gasteiger partial charge is 0.233 e. The van der Waals surface area contributed by atoms with E-state index in [1.54, 1.807) is 24.2 Å². The predicted molar refractivity (Wildman–Crippen MR) is 95.2 cm³/mol. The van der Waals surface area contributed by atoms with Gasteiger partial charge in [-0.25, -0.2) is 0 Å². The molecule has 2 aliphatic rings. The lowest BCUT2D eigenvalue weighted by atomic mass is 9.88. The van der Waals surface area contributed by atoms with Crippen molar-refractivity contribution in [1.29, 1.82) is 0 Å². The Morgan fingerprint density at radius 1 is 1.25 bits per heavy atom. The van der Waals surface area contributed by atoms with Gasteiger partial charge < -0.3 is 9.64 Å². The summed E-state index contributed by atoms with van der Waals surface area (Å²) in [6.45, 7) is 1.46. The SMILES string of the molecule is O=C([C@@H]1CCCO[C@H]1c1ccccc1)N1CCSc2ccncc21. The summed E-state index contributed by atoms with van der Waals surface area (Å²) in [5.74, 6) is 0.960. The molecule has 4 rings (SSSR count). The van der Waals surface area contributed by atoms with Crippen LogP contribution in [0.3, 0.4) is 0 Å². The van der Waals surface area contributed by atoms with Crippen LogP contribution in [0.25, 0.3) is 0 Å². The number of amides is 1. The van der Waals surface area contributed by atoms with E-state index in [1.807, 2.05) is 29.2 Å². The highest BCUT2D eigenvalue weighted by molar-refractivity contribution is 7.99. The number of aromatic nitrogens is 1. The molecule has 1 amide bonds. The predicted octanol–water partition coefficient (Wildman–Crippen LogP) is 3.69. The largest absolute Gasteiger partial charge is 0.373 e. The number of fused-ring (bicyclic) bond motifs is 1. The van der Waals surface area contributed by atoms with Crippen LogP contribution in [-0.4, -0.2) is 29.8 Å². The highest BCUT2D eigenvalue weighted by atomic mass is 32.2. The number of carbonyl (C=O) groups is 1. The first-order chi connectivity index (χ1) is 11.8. The van der Waals surface area contributed by atoms with E-state index in [-0.39, 0.29) is 17.9 Å². The van der Waals surface area contributed by atoms with Crippen molar-refractivity contribution in [3.8, 4) is 0 Å². The van der Waals surface area contributed by atoms with E-state index < -0.39 is 0 Å². The van der Waals surface area contributed by atoms with Crippen LogP contribution >= 0.6 is 11.8 Å². The van der Waals surface area contributed by atoms with E-state index in [0.717, 1.165) is 47.9 Å². The fourth-order valence-corrected chi connectivity index (χ4v) is 4.46. The molecule has 5 heteroatoms. The zero-order valence-electron chi connectivity index (χ0n) is 13.4. The van der Waals surface area contributed by atoms with Crippen LogP contribution < -0.4 is 4.90 Å². The number of pyridine rings is 1. The van der Waals surface area contributed by atoms with Crippen molar-refractivity contribution < 1.29 is 9.53 Å². The number of hydrogen-bond donors (Lipinski definition) is 0. The molecule has 2 atom stereocenters.